The molecule has 2 fully saturated rings. The zero-order valence-corrected chi connectivity index (χ0v) is 14.9. The summed E-state index contributed by atoms with van der Waals surface area (Å²) in [5.41, 5.74) is 1.50. The van der Waals surface area contributed by atoms with Gasteiger partial charge in [-0.2, -0.15) is 0 Å². The molecule has 3 rings (SSSR count). The third-order valence-electron chi connectivity index (χ3n) is 4.89. The molecule has 1 spiro atoms. The molecule has 1 amide bonds. The van der Waals surface area contributed by atoms with Crippen molar-refractivity contribution in [1.29, 1.82) is 0 Å². The molecule has 1 N–H and O–H groups in total. The van der Waals surface area contributed by atoms with Gasteiger partial charge in [-0.3, -0.25) is 4.79 Å². The van der Waals surface area contributed by atoms with Crippen molar-refractivity contribution in [2.45, 2.75) is 25.4 Å². The lowest BCUT2D eigenvalue weighted by Crippen LogP contribution is -2.66. The van der Waals surface area contributed by atoms with Gasteiger partial charge in [-0.15, -0.1) is 0 Å². The molecule has 6 nitrogen and oxygen atoms in total. The van der Waals surface area contributed by atoms with E-state index < -0.39 is 10.0 Å². The average molecular weight is 352 g/mol. The van der Waals surface area contributed by atoms with Crippen LogP contribution in [0.3, 0.4) is 0 Å². The van der Waals surface area contributed by atoms with E-state index in [0.717, 1.165) is 24.0 Å². The van der Waals surface area contributed by atoms with Crippen molar-refractivity contribution in [2.24, 2.45) is 5.92 Å². The predicted molar refractivity (Wildman–Crippen MR) is 91.3 cm³/mol. The van der Waals surface area contributed by atoms with Crippen molar-refractivity contribution < 1.29 is 17.9 Å². The third kappa shape index (κ3) is 3.79. The van der Waals surface area contributed by atoms with Crippen LogP contribution in [0.4, 0.5) is 0 Å². The minimum atomic E-state index is -3.16. The number of sulfonamides is 1. The Morgan fingerprint density at radius 1 is 1.38 bits per heavy atom. The second kappa shape index (κ2) is 6.46. The Hall–Kier alpha value is -1.44. The van der Waals surface area contributed by atoms with Gasteiger partial charge in [0.25, 0.3) is 5.91 Å². The number of nitrogens with zero attached hydrogens (tertiary/aromatic N) is 1. The lowest BCUT2D eigenvalue weighted by atomic mass is 9.82. The molecule has 0 unspecified atom stereocenters. The van der Waals surface area contributed by atoms with Crippen LogP contribution in [0.5, 0.6) is 0 Å². The maximum absolute atomic E-state index is 12.5. The highest BCUT2D eigenvalue weighted by Crippen LogP contribution is 2.36. The van der Waals surface area contributed by atoms with Crippen LogP contribution in [0.25, 0.3) is 0 Å². The molecule has 1 aromatic rings. The van der Waals surface area contributed by atoms with E-state index >= 15 is 0 Å². The second-order valence-corrected chi connectivity index (χ2v) is 8.83. The van der Waals surface area contributed by atoms with Crippen molar-refractivity contribution >= 4 is 15.9 Å². The highest BCUT2D eigenvalue weighted by molar-refractivity contribution is 7.88. The van der Waals surface area contributed by atoms with E-state index in [1.165, 1.54) is 6.26 Å². The molecule has 0 aliphatic carbocycles. The minimum absolute atomic E-state index is 0.0585. The lowest BCUT2D eigenvalue weighted by Gasteiger charge is -2.52. The maximum Gasteiger partial charge on any atom is 0.254 e. The second-order valence-electron chi connectivity index (χ2n) is 7.00. The Morgan fingerprint density at radius 2 is 2.08 bits per heavy atom. The first-order valence-corrected chi connectivity index (χ1v) is 10.1. The fraction of sp³-hybridized carbons (Fsp3) is 0.588. The standard InChI is InChI=1S/C17H24N2O4S/c1-13-5-3-4-6-15(13)16(20)19-11-17(12-19)8-7-14(10-23-17)9-18-24(2,21)22/h3-6,14,18H,7-12H2,1-2H3/t14-/m1/s1. The van der Waals surface area contributed by atoms with Crippen LogP contribution in [-0.2, 0) is 14.8 Å². The maximum atomic E-state index is 12.5. The number of nitrogens with one attached hydrogen (secondary N) is 1. The fourth-order valence-electron chi connectivity index (χ4n) is 3.37. The van der Waals surface area contributed by atoms with Gasteiger partial charge in [0.05, 0.1) is 26.0 Å². The number of aryl methyl sites for hydroxylation is 1. The predicted octanol–water partition coefficient (Wildman–Crippen LogP) is 1.17. The number of rotatable bonds is 4. The molecule has 2 aliphatic heterocycles. The smallest absolute Gasteiger partial charge is 0.254 e. The SMILES string of the molecule is Cc1ccccc1C(=O)N1CC2(CC[C@H](CNS(C)(=O)=O)CO2)C1. The van der Waals surface area contributed by atoms with Crippen LogP contribution in [0.1, 0.15) is 28.8 Å². The summed E-state index contributed by atoms with van der Waals surface area (Å²) in [6.07, 6.45) is 2.94. The van der Waals surface area contributed by atoms with E-state index in [0.29, 0.717) is 26.2 Å². The summed E-state index contributed by atoms with van der Waals surface area (Å²) in [5.74, 6) is 0.259. The summed E-state index contributed by atoms with van der Waals surface area (Å²) in [7, 11) is -3.16. The third-order valence-corrected chi connectivity index (χ3v) is 5.58. The molecular weight excluding hydrogens is 328 g/mol. The van der Waals surface area contributed by atoms with Crippen molar-refractivity contribution in [3.63, 3.8) is 0 Å². The Labute approximate surface area is 143 Å². The van der Waals surface area contributed by atoms with Gasteiger partial charge in [-0.1, -0.05) is 18.2 Å². The van der Waals surface area contributed by atoms with Crippen molar-refractivity contribution in [3.05, 3.63) is 35.4 Å². The van der Waals surface area contributed by atoms with Crippen LogP contribution in [-0.4, -0.2) is 57.3 Å². The minimum Gasteiger partial charge on any atom is -0.371 e. The first-order valence-electron chi connectivity index (χ1n) is 8.22. The number of hydrogen-bond acceptors (Lipinski definition) is 4. The Balaban J connectivity index is 1.50. The Bertz CT molecular complexity index is 716. The summed E-state index contributed by atoms with van der Waals surface area (Å²) in [6, 6.07) is 7.61. The molecule has 1 aromatic carbocycles. The van der Waals surface area contributed by atoms with Crippen molar-refractivity contribution in [1.82, 2.24) is 9.62 Å². The number of amides is 1. The molecule has 0 aromatic heterocycles. The highest BCUT2D eigenvalue weighted by Gasteiger charge is 2.48. The average Bonchev–Trinajstić information content (AvgIpc) is 2.50. The van der Waals surface area contributed by atoms with Crippen molar-refractivity contribution in [3.8, 4) is 0 Å². The quantitative estimate of drug-likeness (QED) is 0.882. The van der Waals surface area contributed by atoms with Crippen LogP contribution in [0, 0.1) is 12.8 Å². The number of carbonyl (C=O) groups excluding carboxylic acids is 1. The lowest BCUT2D eigenvalue weighted by molar-refractivity contribution is -0.165. The molecule has 132 valence electrons. The van der Waals surface area contributed by atoms with Gasteiger partial charge in [0.1, 0.15) is 5.60 Å². The van der Waals surface area contributed by atoms with Gasteiger partial charge in [0.15, 0.2) is 0 Å². The Kier molecular flexibility index (Phi) is 4.68. The fourth-order valence-corrected chi connectivity index (χ4v) is 3.91. The first-order chi connectivity index (χ1) is 11.3. The molecule has 2 saturated heterocycles. The topological polar surface area (TPSA) is 75.7 Å². The molecule has 7 heteroatoms. The molecule has 1 atom stereocenters. The van der Waals surface area contributed by atoms with E-state index in [1.54, 1.807) is 0 Å². The van der Waals surface area contributed by atoms with E-state index in [-0.39, 0.29) is 17.4 Å². The largest absolute Gasteiger partial charge is 0.371 e. The van der Waals surface area contributed by atoms with E-state index in [2.05, 4.69) is 4.72 Å². The summed E-state index contributed by atoms with van der Waals surface area (Å²) in [6.45, 7) is 4.13. The summed E-state index contributed by atoms with van der Waals surface area (Å²) in [5, 5.41) is 0. The zero-order valence-electron chi connectivity index (χ0n) is 14.1. The number of benzene rings is 1. The van der Waals surface area contributed by atoms with E-state index in [4.69, 9.17) is 4.74 Å². The number of hydrogen-bond donors (Lipinski definition) is 1. The zero-order chi connectivity index (χ0) is 17.4. The van der Waals surface area contributed by atoms with Gasteiger partial charge in [0, 0.05) is 12.1 Å². The molecule has 0 saturated carbocycles. The van der Waals surface area contributed by atoms with Gasteiger partial charge in [-0.25, -0.2) is 13.1 Å². The van der Waals surface area contributed by atoms with Crippen LogP contribution in [0.15, 0.2) is 24.3 Å². The summed E-state index contributed by atoms with van der Waals surface area (Å²) < 4.78 is 30.8. The van der Waals surface area contributed by atoms with Crippen molar-refractivity contribution in [2.75, 3.05) is 32.5 Å². The van der Waals surface area contributed by atoms with Gasteiger partial charge in [0.2, 0.25) is 10.0 Å². The normalized spacial score (nSPS) is 23.1. The highest BCUT2D eigenvalue weighted by atomic mass is 32.2. The summed E-state index contributed by atoms with van der Waals surface area (Å²) in [4.78, 5) is 14.4. The number of carbonyl (C=O) groups is 1. The molecule has 2 aliphatic rings. The van der Waals surface area contributed by atoms with E-state index in [9.17, 15) is 13.2 Å². The monoisotopic (exact) mass is 352 g/mol. The number of ether oxygens (including phenoxy) is 1. The van der Waals surface area contributed by atoms with Crippen LogP contribution in [0.2, 0.25) is 0 Å². The van der Waals surface area contributed by atoms with Gasteiger partial charge < -0.3 is 9.64 Å². The number of likely N-dealkylation sites (tertiary alicyclic amines) is 1. The molecule has 0 radical (unpaired) electrons. The molecule has 0 bridgehead atoms. The Morgan fingerprint density at radius 3 is 2.67 bits per heavy atom. The molecule has 24 heavy (non-hydrogen) atoms. The van der Waals surface area contributed by atoms with E-state index in [1.807, 2.05) is 36.1 Å². The summed E-state index contributed by atoms with van der Waals surface area (Å²) >= 11 is 0. The van der Waals surface area contributed by atoms with Crippen LogP contribution >= 0.6 is 0 Å². The molecule has 2 heterocycles. The van der Waals surface area contributed by atoms with Gasteiger partial charge in [-0.05, 0) is 37.3 Å². The first kappa shape index (κ1) is 17.4. The molecular formula is C17H24N2O4S. The van der Waals surface area contributed by atoms with Crippen LogP contribution < -0.4 is 4.72 Å². The van der Waals surface area contributed by atoms with Gasteiger partial charge >= 0.3 is 0 Å².